The first kappa shape index (κ1) is 15.4. The predicted molar refractivity (Wildman–Crippen MR) is 94.1 cm³/mol. The van der Waals surface area contributed by atoms with Crippen LogP contribution in [0.15, 0.2) is 59.7 Å². The third-order valence-electron chi connectivity index (χ3n) is 5.67. The Morgan fingerprint density at radius 1 is 1.04 bits per heavy atom. The molecule has 2 bridgehead atoms. The Hall–Kier alpha value is -2.16. The SMILES string of the molecule is O=C(C[C@@H]1C[C@H]2CC[C@H]1C2)N=c1ccccn1Cc1ccccc1. The van der Waals surface area contributed by atoms with Gasteiger partial charge in [-0.15, -0.1) is 0 Å². The summed E-state index contributed by atoms with van der Waals surface area (Å²) < 4.78 is 2.05. The zero-order chi connectivity index (χ0) is 16.4. The molecule has 1 aromatic heterocycles. The summed E-state index contributed by atoms with van der Waals surface area (Å²) in [5.41, 5.74) is 1.97. The van der Waals surface area contributed by atoms with Gasteiger partial charge in [0.1, 0.15) is 5.49 Å². The van der Waals surface area contributed by atoms with Crippen molar-refractivity contribution in [3.05, 3.63) is 65.8 Å². The van der Waals surface area contributed by atoms with Gasteiger partial charge in [0.2, 0.25) is 5.91 Å². The van der Waals surface area contributed by atoms with E-state index in [0.717, 1.165) is 23.9 Å². The van der Waals surface area contributed by atoms with Gasteiger partial charge in [0.15, 0.2) is 0 Å². The molecule has 0 saturated heterocycles. The van der Waals surface area contributed by atoms with Gasteiger partial charge in [-0.25, -0.2) is 0 Å². The standard InChI is InChI=1S/C21H24N2O/c24-21(14-19-13-17-9-10-18(19)12-17)22-20-8-4-5-11-23(20)15-16-6-2-1-3-7-16/h1-8,11,17-19H,9-10,12-15H2/t17-,18-,19-/m0/s1. The molecule has 1 heterocycles. The molecule has 1 aromatic carbocycles. The van der Waals surface area contributed by atoms with Crippen LogP contribution in [0.1, 0.15) is 37.7 Å². The second kappa shape index (κ2) is 6.76. The van der Waals surface area contributed by atoms with E-state index in [1.807, 2.05) is 47.2 Å². The number of carbonyl (C=O) groups excluding carboxylic acids is 1. The largest absolute Gasteiger partial charge is 0.329 e. The fourth-order valence-electron chi connectivity index (χ4n) is 4.51. The lowest BCUT2D eigenvalue weighted by atomic mass is 9.86. The smallest absolute Gasteiger partial charge is 0.247 e. The molecule has 0 spiro atoms. The number of benzene rings is 1. The molecular formula is C21H24N2O. The van der Waals surface area contributed by atoms with Crippen molar-refractivity contribution in [3.8, 4) is 0 Å². The molecule has 2 aromatic rings. The number of amides is 1. The first-order chi connectivity index (χ1) is 11.8. The van der Waals surface area contributed by atoms with Gasteiger partial charge in [-0.2, -0.15) is 4.99 Å². The van der Waals surface area contributed by atoms with Crippen LogP contribution in [0, 0.1) is 17.8 Å². The minimum absolute atomic E-state index is 0.0422. The van der Waals surface area contributed by atoms with Crippen molar-refractivity contribution in [2.75, 3.05) is 0 Å². The van der Waals surface area contributed by atoms with Crippen molar-refractivity contribution in [3.63, 3.8) is 0 Å². The van der Waals surface area contributed by atoms with Crippen LogP contribution in [0.5, 0.6) is 0 Å². The van der Waals surface area contributed by atoms with Crippen LogP contribution in [0.2, 0.25) is 0 Å². The van der Waals surface area contributed by atoms with Gasteiger partial charge in [0.25, 0.3) is 0 Å². The van der Waals surface area contributed by atoms with Crippen LogP contribution in [-0.4, -0.2) is 10.5 Å². The van der Waals surface area contributed by atoms with Crippen molar-refractivity contribution in [1.29, 1.82) is 0 Å². The number of nitrogens with zero attached hydrogens (tertiary/aromatic N) is 2. The van der Waals surface area contributed by atoms with Crippen molar-refractivity contribution >= 4 is 5.91 Å². The lowest BCUT2D eigenvalue weighted by Crippen LogP contribution is -2.23. The first-order valence-electron chi connectivity index (χ1n) is 9.05. The molecule has 1 amide bonds. The highest BCUT2D eigenvalue weighted by atomic mass is 16.1. The van der Waals surface area contributed by atoms with Crippen LogP contribution in [0.3, 0.4) is 0 Å². The Morgan fingerprint density at radius 2 is 1.88 bits per heavy atom. The van der Waals surface area contributed by atoms with Crippen LogP contribution < -0.4 is 5.49 Å². The average molecular weight is 320 g/mol. The van der Waals surface area contributed by atoms with Gasteiger partial charge < -0.3 is 4.57 Å². The Bertz CT molecular complexity index is 778. The molecule has 0 aliphatic heterocycles. The molecule has 0 N–H and O–H groups in total. The number of carbonyl (C=O) groups is 1. The molecule has 3 nitrogen and oxygen atoms in total. The minimum Gasteiger partial charge on any atom is -0.329 e. The summed E-state index contributed by atoms with van der Waals surface area (Å²) in [5, 5.41) is 0. The van der Waals surface area contributed by atoms with Crippen molar-refractivity contribution in [2.45, 2.75) is 38.6 Å². The summed E-state index contributed by atoms with van der Waals surface area (Å²) >= 11 is 0. The summed E-state index contributed by atoms with van der Waals surface area (Å²) in [5.74, 6) is 2.28. The molecule has 2 aliphatic rings. The minimum atomic E-state index is 0.0422. The lowest BCUT2D eigenvalue weighted by molar-refractivity contribution is -0.119. The van der Waals surface area contributed by atoms with Crippen LogP contribution in [-0.2, 0) is 11.3 Å². The Labute approximate surface area is 143 Å². The highest BCUT2D eigenvalue weighted by Crippen LogP contribution is 2.49. The molecule has 2 aliphatic carbocycles. The third kappa shape index (κ3) is 3.35. The summed E-state index contributed by atoms with van der Waals surface area (Å²) in [6.45, 7) is 0.738. The summed E-state index contributed by atoms with van der Waals surface area (Å²) in [6, 6.07) is 16.2. The van der Waals surface area contributed by atoms with E-state index in [9.17, 15) is 4.79 Å². The maximum atomic E-state index is 12.5. The first-order valence-corrected chi connectivity index (χ1v) is 9.05. The molecular weight excluding hydrogens is 296 g/mol. The summed E-state index contributed by atoms with van der Waals surface area (Å²) in [7, 11) is 0. The maximum absolute atomic E-state index is 12.5. The molecule has 0 unspecified atom stereocenters. The molecule has 2 fully saturated rings. The van der Waals surface area contributed by atoms with Crippen molar-refractivity contribution in [2.24, 2.45) is 22.7 Å². The molecule has 24 heavy (non-hydrogen) atoms. The molecule has 3 heteroatoms. The van der Waals surface area contributed by atoms with E-state index in [1.165, 1.54) is 31.2 Å². The number of hydrogen-bond donors (Lipinski definition) is 0. The summed E-state index contributed by atoms with van der Waals surface area (Å²) in [4.78, 5) is 16.9. The van der Waals surface area contributed by atoms with E-state index < -0.39 is 0 Å². The Balaban J connectivity index is 1.50. The average Bonchev–Trinajstić information content (AvgIpc) is 3.20. The number of rotatable bonds is 4. The van der Waals surface area contributed by atoms with Gasteiger partial charge >= 0.3 is 0 Å². The van der Waals surface area contributed by atoms with Crippen LogP contribution in [0.25, 0.3) is 0 Å². The number of hydrogen-bond acceptors (Lipinski definition) is 1. The van der Waals surface area contributed by atoms with Gasteiger partial charge in [-0.3, -0.25) is 4.79 Å². The van der Waals surface area contributed by atoms with Crippen LogP contribution >= 0.6 is 0 Å². The zero-order valence-electron chi connectivity index (χ0n) is 14.0. The molecule has 0 radical (unpaired) electrons. The van der Waals surface area contributed by atoms with Gasteiger partial charge in [-0.05, 0) is 54.7 Å². The highest BCUT2D eigenvalue weighted by Gasteiger charge is 2.40. The second-order valence-corrected chi connectivity index (χ2v) is 7.32. The zero-order valence-corrected chi connectivity index (χ0v) is 14.0. The number of aromatic nitrogens is 1. The van der Waals surface area contributed by atoms with Gasteiger partial charge in [0, 0.05) is 19.2 Å². The van der Waals surface area contributed by atoms with E-state index >= 15 is 0 Å². The highest BCUT2D eigenvalue weighted by molar-refractivity contribution is 5.77. The number of fused-ring (bicyclic) bond motifs is 2. The molecule has 124 valence electrons. The van der Waals surface area contributed by atoms with Gasteiger partial charge in [-0.1, -0.05) is 42.8 Å². The molecule has 3 atom stereocenters. The van der Waals surface area contributed by atoms with E-state index in [1.54, 1.807) is 0 Å². The van der Waals surface area contributed by atoms with E-state index in [-0.39, 0.29) is 5.91 Å². The fraction of sp³-hybridized carbons (Fsp3) is 0.429. The van der Waals surface area contributed by atoms with E-state index in [2.05, 4.69) is 17.1 Å². The monoisotopic (exact) mass is 320 g/mol. The fourth-order valence-corrected chi connectivity index (χ4v) is 4.51. The van der Waals surface area contributed by atoms with E-state index in [0.29, 0.717) is 12.3 Å². The maximum Gasteiger partial charge on any atom is 0.247 e. The van der Waals surface area contributed by atoms with Gasteiger partial charge in [0.05, 0.1) is 0 Å². The Kier molecular flexibility index (Phi) is 4.33. The Morgan fingerprint density at radius 3 is 2.62 bits per heavy atom. The molecule has 4 rings (SSSR count). The van der Waals surface area contributed by atoms with E-state index in [4.69, 9.17) is 0 Å². The quantitative estimate of drug-likeness (QED) is 0.844. The third-order valence-corrected chi connectivity index (χ3v) is 5.67. The summed E-state index contributed by atoms with van der Waals surface area (Å²) in [6.07, 6.45) is 7.91. The lowest BCUT2D eigenvalue weighted by Gasteiger charge is -2.19. The topological polar surface area (TPSA) is 34.4 Å². The van der Waals surface area contributed by atoms with Crippen molar-refractivity contribution < 1.29 is 4.79 Å². The predicted octanol–water partition coefficient (Wildman–Crippen LogP) is 3.79. The molecule has 2 saturated carbocycles. The normalized spacial score (nSPS) is 26.0. The number of pyridine rings is 1. The van der Waals surface area contributed by atoms with Crippen molar-refractivity contribution in [1.82, 2.24) is 4.57 Å². The van der Waals surface area contributed by atoms with Crippen LogP contribution in [0.4, 0.5) is 0 Å². The second-order valence-electron chi connectivity index (χ2n) is 7.32.